The van der Waals surface area contributed by atoms with Crippen molar-refractivity contribution in [3.63, 3.8) is 0 Å². The van der Waals surface area contributed by atoms with Crippen LogP contribution in [-0.2, 0) is 27.1 Å². The molecule has 149 heavy (non-hydrogen) atoms. The number of rotatable bonds is 8. The quantitative estimate of drug-likeness (QED) is 0.142. The van der Waals surface area contributed by atoms with Gasteiger partial charge in [0.15, 0.2) is 0 Å². The van der Waals surface area contributed by atoms with E-state index in [0.29, 0.717) is 0 Å². The van der Waals surface area contributed by atoms with Crippen molar-refractivity contribution >= 4 is 0 Å². The topological polar surface area (TPSA) is 0 Å². The standard InChI is InChI=1S/C149H88/c1-13-37-125-105(25-1)106-26-2-14-38-126(106)145(125)133-45-21-9-33-113(133)117-73-65-97(81-137(117)145)89-49-57-93(58-50-89)101-69-77-121-122-78-70-102(94-59-51-90(52-60-94)98-66-74-118-114-34-10-22-46-134(114)146(138(118)82-98)127-39-15-3-27-107(127)108-28-4-16-40-128(108)146)86-142(122)149(141(121)85-101)143-87-103(95-61-53-91(54-62-95)99-67-75-119-115-35-11-23-47-135(115)147(139(119)83-99)129-41-17-5-29-109(129)110-30-6-18-42-130(110)147)71-79-123(143)124-80-72-104(88-144(124)149)96-63-55-92(56-64-96)100-68-76-120-116-36-12-24-48-136(116)148(140(120)84-100)131-43-19-7-31-111(131)112-32-8-20-44-132(112)148/h1-88H. The van der Waals surface area contributed by atoms with E-state index >= 15 is 0 Å². The Morgan fingerprint density at radius 3 is 0.255 bits per heavy atom. The molecule has 0 nitrogen and oxygen atoms in total. The molecule has 0 amide bonds. The van der Waals surface area contributed by atoms with E-state index < -0.39 is 27.1 Å². The summed E-state index contributed by atoms with van der Waals surface area (Å²) in [5.74, 6) is 0. The van der Waals surface area contributed by atoms with Gasteiger partial charge in [0.25, 0.3) is 0 Å². The van der Waals surface area contributed by atoms with Crippen LogP contribution in [0.5, 0.6) is 0 Å². The molecule has 34 rings (SSSR count). The van der Waals surface area contributed by atoms with Crippen LogP contribution in [0.3, 0.4) is 0 Å². The Balaban J connectivity index is 0.542. The predicted molar refractivity (Wildman–Crippen MR) is 611 cm³/mol. The molecule has 0 heterocycles. The highest BCUT2D eigenvalue weighted by Crippen LogP contribution is 2.71. The Morgan fingerprint density at radius 1 is 0.0671 bits per heavy atom. The van der Waals surface area contributed by atoms with Gasteiger partial charge in [0, 0.05) is 0 Å². The molecule has 0 aliphatic heterocycles. The van der Waals surface area contributed by atoms with Gasteiger partial charge in [-0.2, -0.15) is 0 Å². The van der Waals surface area contributed by atoms with Gasteiger partial charge >= 0.3 is 0 Å². The third kappa shape index (κ3) is 10.4. The summed E-state index contributed by atoms with van der Waals surface area (Å²) in [5.41, 5.74) is 68.8. The minimum Gasteiger partial charge on any atom is -0.0619 e. The van der Waals surface area contributed by atoms with Crippen molar-refractivity contribution in [2.45, 2.75) is 27.1 Å². The van der Waals surface area contributed by atoms with Gasteiger partial charge in [-0.3, -0.25) is 0 Å². The minimum absolute atomic E-state index is 0.452. The fourth-order valence-corrected chi connectivity index (χ4v) is 30.5. The maximum atomic E-state index is 2.60. The Kier molecular flexibility index (Phi) is 16.3. The third-order valence-electron chi connectivity index (χ3n) is 36.5. The first-order chi connectivity index (χ1) is 73.8. The van der Waals surface area contributed by atoms with E-state index in [-0.39, 0.29) is 0 Å². The molecular weight excluding hydrogens is 1790 g/mol. The van der Waals surface area contributed by atoms with Crippen molar-refractivity contribution in [3.05, 3.63) is 645 Å². The maximum absolute atomic E-state index is 2.60. The van der Waals surface area contributed by atoms with E-state index in [4.69, 9.17) is 0 Å². The highest BCUT2D eigenvalue weighted by molar-refractivity contribution is 6.05. The lowest BCUT2D eigenvalue weighted by Gasteiger charge is -2.32. The second-order valence-electron chi connectivity index (χ2n) is 42.7. The largest absolute Gasteiger partial charge is 0.0726 e. The van der Waals surface area contributed by atoms with E-state index in [9.17, 15) is 0 Å². The molecule has 24 aromatic carbocycles. The van der Waals surface area contributed by atoms with E-state index in [1.165, 1.54) is 289 Å². The minimum atomic E-state index is -0.831. The van der Waals surface area contributed by atoms with E-state index in [0.717, 1.165) is 22.3 Å². The summed E-state index contributed by atoms with van der Waals surface area (Å²) in [4.78, 5) is 0. The van der Waals surface area contributed by atoms with Crippen LogP contribution in [0.15, 0.2) is 534 Å². The molecule has 684 valence electrons. The zero-order valence-corrected chi connectivity index (χ0v) is 81.3. The van der Waals surface area contributed by atoms with Crippen molar-refractivity contribution in [1.29, 1.82) is 0 Å². The summed E-state index contributed by atoms with van der Waals surface area (Å²) in [6.45, 7) is 0. The number of benzene rings is 24. The number of fused-ring (bicyclic) bond motifs is 50. The smallest absolute Gasteiger partial charge is 0.0619 e. The van der Waals surface area contributed by atoms with Crippen LogP contribution in [0, 0.1) is 0 Å². The normalized spacial score (nSPS) is 14.7. The Morgan fingerprint density at radius 2 is 0.148 bits per heavy atom. The van der Waals surface area contributed by atoms with Crippen LogP contribution in [0.2, 0.25) is 0 Å². The Bertz CT molecular complexity index is 8680. The first-order valence-corrected chi connectivity index (χ1v) is 52.6. The Labute approximate surface area is 866 Å². The molecule has 0 N–H and O–H groups in total. The molecule has 0 unspecified atom stereocenters. The lowest BCUT2D eigenvalue weighted by Crippen LogP contribution is -2.26. The first kappa shape index (κ1) is 81.7. The monoisotopic (exact) mass is 1880 g/mol. The van der Waals surface area contributed by atoms with Gasteiger partial charge < -0.3 is 0 Å². The zero-order chi connectivity index (χ0) is 97.1. The molecule has 0 heteroatoms. The van der Waals surface area contributed by atoms with Crippen LogP contribution in [0.25, 0.3) is 200 Å². The van der Waals surface area contributed by atoms with E-state index in [2.05, 4.69) is 534 Å². The summed E-state index contributed by atoms with van der Waals surface area (Å²) in [6, 6.07) is 207. The van der Waals surface area contributed by atoms with E-state index in [1.807, 2.05) is 0 Å². The molecule has 0 bridgehead atoms. The molecule has 0 aromatic heterocycles. The average molecular weight is 1880 g/mol. The van der Waals surface area contributed by atoms with Crippen molar-refractivity contribution in [3.8, 4) is 200 Å². The number of hydrogen-bond donors (Lipinski definition) is 0. The molecule has 0 saturated carbocycles. The van der Waals surface area contributed by atoms with Gasteiger partial charge in [0.2, 0.25) is 0 Å². The van der Waals surface area contributed by atoms with Gasteiger partial charge in [0.1, 0.15) is 0 Å². The summed E-state index contributed by atoms with van der Waals surface area (Å²) in [7, 11) is 0. The van der Waals surface area contributed by atoms with Crippen molar-refractivity contribution < 1.29 is 0 Å². The van der Waals surface area contributed by atoms with Crippen LogP contribution in [0.1, 0.15) is 111 Å². The van der Waals surface area contributed by atoms with Crippen LogP contribution >= 0.6 is 0 Å². The fourth-order valence-electron chi connectivity index (χ4n) is 30.5. The van der Waals surface area contributed by atoms with E-state index in [1.54, 1.807) is 0 Å². The maximum Gasteiger partial charge on any atom is 0.0726 e. The van der Waals surface area contributed by atoms with Gasteiger partial charge in [-0.05, 0) is 360 Å². The number of hydrogen-bond acceptors (Lipinski definition) is 0. The highest BCUT2D eigenvalue weighted by atomic mass is 14.6. The first-order valence-electron chi connectivity index (χ1n) is 52.6. The molecule has 10 aliphatic carbocycles. The molecular formula is C149H88. The van der Waals surface area contributed by atoms with Crippen molar-refractivity contribution in [2.75, 3.05) is 0 Å². The van der Waals surface area contributed by atoms with Crippen molar-refractivity contribution in [2.24, 2.45) is 0 Å². The van der Waals surface area contributed by atoms with Gasteiger partial charge in [-0.1, -0.05) is 485 Å². The Hall–Kier alpha value is -18.7. The zero-order valence-electron chi connectivity index (χ0n) is 81.3. The predicted octanol–water partition coefficient (Wildman–Crippen LogP) is 36.7. The second kappa shape index (κ2) is 29.8. The molecule has 0 saturated heterocycles. The molecule has 0 radical (unpaired) electrons. The fraction of sp³-hybridized carbons (Fsp3) is 0.0336. The highest BCUT2D eigenvalue weighted by Gasteiger charge is 2.58. The molecule has 10 aliphatic rings. The lowest BCUT2D eigenvalue weighted by molar-refractivity contribution is 0.794. The summed E-state index contributed by atoms with van der Waals surface area (Å²) < 4.78 is 0. The van der Waals surface area contributed by atoms with Crippen molar-refractivity contribution in [1.82, 2.24) is 0 Å². The molecule has 0 atom stereocenters. The molecule has 5 spiro atoms. The summed E-state index contributed by atoms with van der Waals surface area (Å²) >= 11 is 0. The third-order valence-corrected chi connectivity index (χ3v) is 36.5. The van der Waals surface area contributed by atoms with Crippen LogP contribution in [-0.4, -0.2) is 0 Å². The van der Waals surface area contributed by atoms with Gasteiger partial charge in [-0.25, -0.2) is 0 Å². The molecule has 24 aromatic rings. The summed E-state index contributed by atoms with van der Waals surface area (Å²) in [5, 5.41) is 0. The van der Waals surface area contributed by atoms with Gasteiger partial charge in [0.05, 0.1) is 27.1 Å². The molecule has 0 fully saturated rings. The average Bonchev–Trinajstić information content (AvgIpc) is 1.52. The van der Waals surface area contributed by atoms with Gasteiger partial charge in [-0.15, -0.1) is 0 Å². The lowest BCUT2D eigenvalue weighted by atomic mass is 9.69. The second-order valence-corrected chi connectivity index (χ2v) is 42.7. The summed E-state index contributed by atoms with van der Waals surface area (Å²) in [6.07, 6.45) is 0. The van der Waals surface area contributed by atoms with Crippen LogP contribution < -0.4 is 0 Å². The van der Waals surface area contributed by atoms with Crippen LogP contribution in [0.4, 0.5) is 0 Å². The SMILES string of the molecule is c1ccc2c(c1)-c1ccccc1C21c2ccccc2-c2ccc(-c3ccc(-c4ccc5c(c4)C4(c6cc(-c7ccc(-c8ccc9c(c8)C8(c%10ccccc%10-c%10ccccc%108)c8ccccc8-9)cc7)ccc6-5)c5cc(-c6ccc(-c7ccc8c(c7)C7(c9ccccc9-c9ccccc97)c7ccccc7-8)cc6)ccc5-c5ccc(-c6ccc(-c7ccc8c(c7)C7(c9ccccc9-c9ccccc97)c7ccccc7-8)cc6)cc54)cc3)cc21.